The van der Waals surface area contributed by atoms with Crippen LogP contribution in [0, 0.1) is 0 Å². The van der Waals surface area contributed by atoms with Gasteiger partial charge in [0.15, 0.2) is 11.7 Å². The van der Waals surface area contributed by atoms with Crippen LogP contribution in [0.3, 0.4) is 0 Å². The minimum absolute atomic E-state index is 0.460. The molecule has 4 nitrogen and oxygen atoms in total. The Labute approximate surface area is 101 Å². The van der Waals surface area contributed by atoms with E-state index < -0.39 is 0 Å². The summed E-state index contributed by atoms with van der Waals surface area (Å²) in [6.45, 7) is 0. The van der Waals surface area contributed by atoms with E-state index in [-0.39, 0.29) is 0 Å². The van der Waals surface area contributed by atoms with E-state index in [0.717, 1.165) is 15.9 Å². The van der Waals surface area contributed by atoms with Crippen LogP contribution < -0.4 is 5.73 Å². The topological polar surface area (TPSA) is 64.9 Å². The average molecular weight is 280 g/mol. The number of aromatic nitrogens is 2. The Morgan fingerprint density at radius 3 is 2.88 bits per heavy atom. The van der Waals surface area contributed by atoms with Crippen LogP contribution in [0.15, 0.2) is 27.3 Å². The fourth-order valence-electron chi connectivity index (χ4n) is 1.58. The quantitative estimate of drug-likeness (QED) is 0.918. The van der Waals surface area contributed by atoms with E-state index in [0.29, 0.717) is 17.5 Å². The molecule has 0 saturated heterocycles. The number of hydrogen-bond donors (Lipinski definition) is 1. The van der Waals surface area contributed by atoms with Crippen molar-refractivity contribution in [2.75, 3.05) is 5.73 Å². The highest BCUT2D eigenvalue weighted by Crippen LogP contribution is 2.41. The molecular weight excluding hydrogens is 270 g/mol. The van der Waals surface area contributed by atoms with E-state index in [1.54, 1.807) is 12.4 Å². The van der Waals surface area contributed by atoms with Crippen molar-refractivity contribution in [1.29, 1.82) is 0 Å². The molecule has 1 aliphatic rings. The summed E-state index contributed by atoms with van der Waals surface area (Å²) in [7, 11) is 0. The number of nitrogens with zero attached hydrogens (tertiary/aromatic N) is 2. The minimum Gasteiger partial charge on any atom is -0.440 e. The number of nitrogen functional groups attached to an aromatic ring is 1. The zero-order chi connectivity index (χ0) is 11.1. The van der Waals surface area contributed by atoms with Crippen molar-refractivity contribution in [2.24, 2.45) is 0 Å². The lowest BCUT2D eigenvalue weighted by molar-refractivity contribution is 0.509. The molecule has 0 aromatic carbocycles. The maximum atomic E-state index is 5.80. The Kier molecular flexibility index (Phi) is 2.21. The summed E-state index contributed by atoms with van der Waals surface area (Å²) in [5, 5.41) is 0. The van der Waals surface area contributed by atoms with Gasteiger partial charge in [-0.1, -0.05) is 0 Å². The van der Waals surface area contributed by atoms with Gasteiger partial charge < -0.3 is 10.2 Å². The standard InChI is InChI=1S/C11H10BrN3O/c12-7-3-8(10(13)14-4-7)9-5-15-11(16-9)6-1-2-6/h3-6H,1-2H2,(H2,13,14). The van der Waals surface area contributed by atoms with Gasteiger partial charge in [-0.05, 0) is 34.8 Å². The second kappa shape index (κ2) is 3.59. The van der Waals surface area contributed by atoms with Crippen molar-refractivity contribution in [3.8, 4) is 11.3 Å². The number of halogens is 1. The molecule has 1 saturated carbocycles. The number of hydrogen-bond acceptors (Lipinski definition) is 4. The summed E-state index contributed by atoms with van der Waals surface area (Å²) < 4.78 is 6.55. The van der Waals surface area contributed by atoms with Crippen molar-refractivity contribution >= 4 is 21.7 Å². The Morgan fingerprint density at radius 2 is 2.12 bits per heavy atom. The van der Waals surface area contributed by atoms with Crippen molar-refractivity contribution in [1.82, 2.24) is 9.97 Å². The molecule has 3 rings (SSSR count). The van der Waals surface area contributed by atoms with E-state index in [4.69, 9.17) is 10.2 Å². The summed E-state index contributed by atoms with van der Waals surface area (Å²) in [6, 6.07) is 1.89. The first-order chi connectivity index (χ1) is 7.74. The lowest BCUT2D eigenvalue weighted by Gasteiger charge is -2.01. The highest BCUT2D eigenvalue weighted by molar-refractivity contribution is 9.10. The molecule has 2 N–H and O–H groups in total. The summed E-state index contributed by atoms with van der Waals surface area (Å²) in [5.41, 5.74) is 6.59. The van der Waals surface area contributed by atoms with Crippen LogP contribution >= 0.6 is 15.9 Å². The van der Waals surface area contributed by atoms with Gasteiger partial charge in [-0.3, -0.25) is 0 Å². The van der Waals surface area contributed by atoms with Crippen molar-refractivity contribution in [2.45, 2.75) is 18.8 Å². The second-order valence-electron chi connectivity index (χ2n) is 3.92. The van der Waals surface area contributed by atoms with Crippen LogP contribution in [-0.4, -0.2) is 9.97 Å². The molecule has 16 heavy (non-hydrogen) atoms. The Bertz CT molecular complexity index is 534. The highest BCUT2D eigenvalue weighted by atomic mass is 79.9. The molecule has 0 radical (unpaired) electrons. The van der Waals surface area contributed by atoms with Crippen molar-refractivity contribution in [3.63, 3.8) is 0 Å². The Hall–Kier alpha value is -1.36. The molecule has 2 aromatic rings. The van der Waals surface area contributed by atoms with Crippen LogP contribution in [0.4, 0.5) is 5.82 Å². The Morgan fingerprint density at radius 1 is 1.31 bits per heavy atom. The normalized spacial score (nSPS) is 15.3. The third-order valence-corrected chi connectivity index (χ3v) is 3.03. The largest absolute Gasteiger partial charge is 0.440 e. The Balaban J connectivity index is 2.03. The fraction of sp³-hybridized carbons (Fsp3) is 0.273. The minimum atomic E-state index is 0.460. The van der Waals surface area contributed by atoms with Crippen LogP contribution in [0.2, 0.25) is 0 Å². The maximum Gasteiger partial charge on any atom is 0.198 e. The van der Waals surface area contributed by atoms with Gasteiger partial charge in [0.25, 0.3) is 0 Å². The molecule has 0 amide bonds. The summed E-state index contributed by atoms with van der Waals surface area (Å²) in [6.07, 6.45) is 5.73. The first-order valence-corrected chi connectivity index (χ1v) is 5.90. The molecule has 82 valence electrons. The number of rotatable bonds is 2. The van der Waals surface area contributed by atoms with E-state index in [9.17, 15) is 0 Å². The average Bonchev–Trinajstić information content (AvgIpc) is 3.01. The van der Waals surface area contributed by atoms with Gasteiger partial charge >= 0.3 is 0 Å². The first-order valence-electron chi connectivity index (χ1n) is 5.11. The number of pyridine rings is 1. The third kappa shape index (κ3) is 1.71. The molecule has 0 spiro atoms. The summed E-state index contributed by atoms with van der Waals surface area (Å²) in [5.74, 6) is 2.47. The van der Waals surface area contributed by atoms with Gasteiger partial charge in [0, 0.05) is 16.6 Å². The highest BCUT2D eigenvalue weighted by Gasteiger charge is 2.28. The molecule has 1 aliphatic carbocycles. The lowest BCUT2D eigenvalue weighted by Crippen LogP contribution is -1.92. The molecule has 2 aromatic heterocycles. The van der Waals surface area contributed by atoms with E-state index in [1.807, 2.05) is 6.07 Å². The molecule has 0 bridgehead atoms. The van der Waals surface area contributed by atoms with Crippen LogP contribution in [0.25, 0.3) is 11.3 Å². The van der Waals surface area contributed by atoms with Gasteiger partial charge in [-0.2, -0.15) is 0 Å². The predicted molar refractivity (Wildman–Crippen MR) is 63.8 cm³/mol. The zero-order valence-electron chi connectivity index (χ0n) is 8.48. The van der Waals surface area contributed by atoms with Crippen LogP contribution in [0.5, 0.6) is 0 Å². The van der Waals surface area contributed by atoms with Gasteiger partial charge in [0.1, 0.15) is 5.82 Å². The van der Waals surface area contributed by atoms with Crippen LogP contribution in [0.1, 0.15) is 24.7 Å². The van der Waals surface area contributed by atoms with E-state index in [2.05, 4.69) is 25.9 Å². The van der Waals surface area contributed by atoms with Gasteiger partial charge in [-0.15, -0.1) is 0 Å². The van der Waals surface area contributed by atoms with Gasteiger partial charge in [-0.25, -0.2) is 9.97 Å². The first kappa shape index (κ1) is 9.84. The number of oxazole rings is 1. The summed E-state index contributed by atoms with van der Waals surface area (Å²) in [4.78, 5) is 8.33. The van der Waals surface area contributed by atoms with Gasteiger partial charge in [0.2, 0.25) is 0 Å². The molecule has 0 atom stereocenters. The maximum absolute atomic E-state index is 5.80. The SMILES string of the molecule is Nc1ncc(Br)cc1-c1cnc(C2CC2)o1. The number of anilines is 1. The zero-order valence-corrected chi connectivity index (χ0v) is 10.1. The second-order valence-corrected chi connectivity index (χ2v) is 4.84. The fourth-order valence-corrected chi connectivity index (χ4v) is 1.91. The predicted octanol–water partition coefficient (Wildman–Crippen LogP) is 2.96. The lowest BCUT2D eigenvalue weighted by atomic mass is 10.2. The molecule has 1 fully saturated rings. The molecule has 5 heteroatoms. The summed E-state index contributed by atoms with van der Waals surface area (Å²) >= 11 is 3.36. The molecular formula is C11H10BrN3O. The molecule has 0 unspecified atom stereocenters. The molecule has 2 heterocycles. The smallest absolute Gasteiger partial charge is 0.198 e. The monoisotopic (exact) mass is 279 g/mol. The van der Waals surface area contributed by atoms with Crippen molar-refractivity contribution in [3.05, 3.63) is 28.8 Å². The van der Waals surface area contributed by atoms with E-state index >= 15 is 0 Å². The van der Waals surface area contributed by atoms with Gasteiger partial charge in [0.05, 0.1) is 11.8 Å². The third-order valence-electron chi connectivity index (χ3n) is 2.60. The van der Waals surface area contributed by atoms with Crippen LogP contribution in [-0.2, 0) is 0 Å². The van der Waals surface area contributed by atoms with E-state index in [1.165, 1.54) is 12.8 Å². The number of nitrogens with two attached hydrogens (primary N) is 1. The van der Waals surface area contributed by atoms with Crippen molar-refractivity contribution < 1.29 is 4.42 Å². The molecule has 0 aliphatic heterocycles.